The van der Waals surface area contributed by atoms with Gasteiger partial charge in [0.25, 0.3) is 5.91 Å². The molecule has 0 fully saturated rings. The van der Waals surface area contributed by atoms with Gasteiger partial charge in [0.05, 0.1) is 5.02 Å². The average molecular weight is 349 g/mol. The molecule has 0 radical (unpaired) electrons. The van der Waals surface area contributed by atoms with Gasteiger partial charge in [0.15, 0.2) is 6.10 Å². The fraction of sp³-hybridized carbons (Fsp3) is 0.385. The Balaban J connectivity index is 3.05. The standard InChI is InChI=1S/C13H17ClN2O5S/c1-8(21-9(2)17)13(18)15-10-5-6-11(14)12(7-10)22(19,20)16(3)4/h5-8H,1-4H3,(H,15,18)/t8-/m0/s1. The minimum absolute atomic E-state index is 0.0414. The fourth-order valence-corrected chi connectivity index (χ4v) is 2.92. The zero-order chi connectivity index (χ0) is 17.1. The Kier molecular flexibility index (Phi) is 5.92. The lowest BCUT2D eigenvalue weighted by Gasteiger charge is -2.15. The van der Waals surface area contributed by atoms with Gasteiger partial charge in [-0.05, 0) is 25.1 Å². The first-order valence-electron chi connectivity index (χ1n) is 6.26. The van der Waals surface area contributed by atoms with Gasteiger partial charge in [0.2, 0.25) is 10.0 Å². The molecule has 0 spiro atoms. The molecular formula is C13H17ClN2O5S. The summed E-state index contributed by atoms with van der Waals surface area (Å²) in [5.74, 6) is -1.17. The molecule has 122 valence electrons. The van der Waals surface area contributed by atoms with E-state index in [1.807, 2.05) is 0 Å². The summed E-state index contributed by atoms with van der Waals surface area (Å²) in [5, 5.41) is 2.51. The van der Waals surface area contributed by atoms with E-state index in [-0.39, 0.29) is 15.6 Å². The van der Waals surface area contributed by atoms with Crippen LogP contribution in [0.4, 0.5) is 5.69 Å². The molecule has 0 bridgehead atoms. The van der Waals surface area contributed by atoms with Crippen molar-refractivity contribution in [1.29, 1.82) is 0 Å². The summed E-state index contributed by atoms with van der Waals surface area (Å²) in [6.45, 7) is 2.60. The summed E-state index contributed by atoms with van der Waals surface area (Å²) in [7, 11) is -0.991. The number of carbonyl (C=O) groups excluding carboxylic acids is 2. The molecule has 0 saturated carbocycles. The van der Waals surface area contributed by atoms with Crippen molar-refractivity contribution >= 4 is 39.2 Å². The summed E-state index contributed by atoms with van der Waals surface area (Å²) in [5.41, 5.74) is 0.230. The molecule has 1 amide bonds. The number of hydrogen-bond acceptors (Lipinski definition) is 5. The highest BCUT2D eigenvalue weighted by atomic mass is 35.5. The number of hydrogen-bond donors (Lipinski definition) is 1. The molecule has 0 aliphatic carbocycles. The number of anilines is 1. The van der Waals surface area contributed by atoms with Crippen LogP contribution in [0, 0.1) is 0 Å². The van der Waals surface area contributed by atoms with Crippen LogP contribution in [0.1, 0.15) is 13.8 Å². The Morgan fingerprint density at radius 2 is 1.91 bits per heavy atom. The van der Waals surface area contributed by atoms with Crippen LogP contribution in [-0.2, 0) is 24.3 Å². The van der Waals surface area contributed by atoms with Crippen molar-refractivity contribution in [2.24, 2.45) is 0 Å². The molecule has 0 aliphatic rings. The zero-order valence-electron chi connectivity index (χ0n) is 12.6. The predicted molar refractivity (Wildman–Crippen MR) is 82.2 cm³/mol. The maximum absolute atomic E-state index is 12.1. The van der Waals surface area contributed by atoms with Crippen LogP contribution >= 0.6 is 11.6 Å². The smallest absolute Gasteiger partial charge is 0.303 e. The van der Waals surface area contributed by atoms with Crippen molar-refractivity contribution < 1.29 is 22.7 Å². The van der Waals surface area contributed by atoms with E-state index in [2.05, 4.69) is 5.32 Å². The van der Waals surface area contributed by atoms with E-state index in [1.165, 1.54) is 46.1 Å². The van der Waals surface area contributed by atoms with Crippen molar-refractivity contribution in [1.82, 2.24) is 4.31 Å². The Morgan fingerprint density at radius 1 is 1.32 bits per heavy atom. The Morgan fingerprint density at radius 3 is 2.41 bits per heavy atom. The summed E-state index contributed by atoms with van der Waals surface area (Å²) in [6, 6.07) is 4.06. The van der Waals surface area contributed by atoms with Crippen LogP contribution in [0.3, 0.4) is 0 Å². The summed E-state index contributed by atoms with van der Waals surface area (Å²) in [4.78, 5) is 22.5. The molecule has 1 N–H and O–H groups in total. The molecule has 7 nitrogen and oxygen atoms in total. The molecular weight excluding hydrogens is 332 g/mol. The number of sulfonamides is 1. The third kappa shape index (κ3) is 4.43. The minimum Gasteiger partial charge on any atom is -0.453 e. The van der Waals surface area contributed by atoms with Gasteiger partial charge in [-0.3, -0.25) is 9.59 Å². The number of rotatable bonds is 5. The minimum atomic E-state index is -3.74. The number of amides is 1. The van der Waals surface area contributed by atoms with Gasteiger partial charge in [-0.15, -0.1) is 0 Å². The summed E-state index contributed by atoms with van der Waals surface area (Å²) >= 11 is 5.90. The number of carbonyl (C=O) groups is 2. The second kappa shape index (κ2) is 7.08. The van der Waals surface area contributed by atoms with Crippen LogP contribution in [0.2, 0.25) is 5.02 Å². The largest absolute Gasteiger partial charge is 0.453 e. The van der Waals surface area contributed by atoms with Crippen molar-refractivity contribution in [3.8, 4) is 0 Å². The van der Waals surface area contributed by atoms with E-state index >= 15 is 0 Å². The van der Waals surface area contributed by atoms with Gasteiger partial charge in [0, 0.05) is 26.7 Å². The molecule has 1 aromatic carbocycles. The first kappa shape index (κ1) is 18.4. The van der Waals surface area contributed by atoms with Gasteiger partial charge in [-0.25, -0.2) is 12.7 Å². The monoisotopic (exact) mass is 348 g/mol. The predicted octanol–water partition coefficient (Wildman–Crippen LogP) is 1.48. The van der Waals surface area contributed by atoms with Crippen molar-refractivity contribution in [2.75, 3.05) is 19.4 Å². The van der Waals surface area contributed by atoms with Gasteiger partial charge >= 0.3 is 5.97 Å². The van der Waals surface area contributed by atoms with Gasteiger partial charge in [0.1, 0.15) is 4.90 Å². The van der Waals surface area contributed by atoms with Crippen molar-refractivity contribution in [3.63, 3.8) is 0 Å². The van der Waals surface area contributed by atoms with Crippen LogP contribution in [0.5, 0.6) is 0 Å². The van der Waals surface area contributed by atoms with E-state index in [1.54, 1.807) is 0 Å². The van der Waals surface area contributed by atoms with Crippen molar-refractivity contribution in [3.05, 3.63) is 23.2 Å². The lowest BCUT2D eigenvalue weighted by molar-refractivity contribution is -0.150. The number of ether oxygens (including phenoxy) is 1. The van der Waals surface area contributed by atoms with Gasteiger partial charge in [-0.1, -0.05) is 11.6 Å². The number of nitrogens with zero attached hydrogens (tertiary/aromatic N) is 1. The lowest BCUT2D eigenvalue weighted by atomic mass is 10.3. The molecule has 0 aromatic heterocycles. The number of nitrogens with one attached hydrogen (secondary N) is 1. The normalized spacial score (nSPS) is 12.8. The fourth-order valence-electron chi connectivity index (χ4n) is 1.52. The third-order valence-electron chi connectivity index (χ3n) is 2.67. The number of halogens is 1. The van der Waals surface area contributed by atoms with Crippen LogP contribution in [0.25, 0.3) is 0 Å². The van der Waals surface area contributed by atoms with E-state index < -0.39 is 28.0 Å². The molecule has 1 rings (SSSR count). The lowest BCUT2D eigenvalue weighted by Crippen LogP contribution is -2.29. The Labute approximate surface area is 134 Å². The second-order valence-electron chi connectivity index (χ2n) is 4.67. The molecule has 0 unspecified atom stereocenters. The average Bonchev–Trinajstić information content (AvgIpc) is 2.39. The topological polar surface area (TPSA) is 92.8 Å². The first-order chi connectivity index (χ1) is 10.1. The van der Waals surface area contributed by atoms with Crippen LogP contribution in [-0.4, -0.2) is 44.8 Å². The molecule has 1 atom stereocenters. The van der Waals surface area contributed by atoms with Crippen LogP contribution in [0.15, 0.2) is 23.1 Å². The number of esters is 1. The second-order valence-corrected chi connectivity index (χ2v) is 7.20. The molecule has 0 saturated heterocycles. The highest BCUT2D eigenvalue weighted by molar-refractivity contribution is 7.89. The van der Waals surface area contributed by atoms with Gasteiger partial charge < -0.3 is 10.1 Å². The van der Waals surface area contributed by atoms with E-state index in [0.29, 0.717) is 0 Å². The highest BCUT2D eigenvalue weighted by Crippen LogP contribution is 2.26. The SMILES string of the molecule is CC(=O)O[C@@H](C)C(=O)Nc1ccc(Cl)c(S(=O)(=O)N(C)C)c1. The maximum atomic E-state index is 12.1. The van der Waals surface area contributed by atoms with Gasteiger partial charge in [-0.2, -0.15) is 0 Å². The highest BCUT2D eigenvalue weighted by Gasteiger charge is 2.22. The molecule has 9 heteroatoms. The van der Waals surface area contributed by atoms with E-state index in [4.69, 9.17) is 16.3 Å². The molecule has 22 heavy (non-hydrogen) atoms. The summed E-state index contributed by atoms with van der Waals surface area (Å²) in [6.07, 6.45) is -0.998. The third-order valence-corrected chi connectivity index (χ3v) is 4.97. The molecule has 1 aromatic rings. The van der Waals surface area contributed by atoms with Crippen molar-refractivity contribution in [2.45, 2.75) is 24.8 Å². The maximum Gasteiger partial charge on any atom is 0.303 e. The quantitative estimate of drug-likeness (QED) is 0.813. The van der Waals surface area contributed by atoms with E-state index in [0.717, 1.165) is 4.31 Å². The van der Waals surface area contributed by atoms with E-state index in [9.17, 15) is 18.0 Å². The molecule has 0 aliphatic heterocycles. The summed E-state index contributed by atoms with van der Waals surface area (Å²) < 4.78 is 30.0. The molecule has 0 heterocycles. The Bertz CT molecular complexity index is 688. The zero-order valence-corrected chi connectivity index (χ0v) is 14.2. The first-order valence-corrected chi connectivity index (χ1v) is 8.07. The van der Waals surface area contributed by atoms with Crippen LogP contribution < -0.4 is 5.32 Å². The Hall–Kier alpha value is -1.64. The number of benzene rings is 1.